The Bertz CT molecular complexity index is 2430. The minimum Gasteiger partial charge on any atom is -0.465 e. The summed E-state index contributed by atoms with van der Waals surface area (Å²) in [5.41, 5.74) is 4.02. The number of aromatic nitrogens is 6. The Balaban J connectivity index is 0.919. The van der Waals surface area contributed by atoms with E-state index in [0.29, 0.717) is 70.1 Å². The number of hydrogen-bond acceptors (Lipinski definition) is 10. The number of fused-ring (bicyclic) bond motifs is 2. The van der Waals surface area contributed by atoms with E-state index < -0.39 is 24.3 Å². The highest BCUT2D eigenvalue weighted by atomic mass is 32.1. The van der Waals surface area contributed by atoms with Crippen LogP contribution in [0.3, 0.4) is 0 Å². The molecule has 18 heteroatoms. The van der Waals surface area contributed by atoms with Gasteiger partial charge in [0.15, 0.2) is 0 Å². The first-order valence-corrected chi connectivity index (χ1v) is 20.4. The summed E-state index contributed by atoms with van der Waals surface area (Å²) in [5, 5.41) is 25.2. The molecule has 6 heterocycles. The lowest BCUT2D eigenvalue weighted by Crippen LogP contribution is -2.42. The fourth-order valence-corrected chi connectivity index (χ4v) is 9.76. The van der Waals surface area contributed by atoms with Crippen molar-refractivity contribution in [3.05, 3.63) is 108 Å². The summed E-state index contributed by atoms with van der Waals surface area (Å²) in [6.07, 6.45) is 3.91. The fourth-order valence-electron chi connectivity index (χ4n) is 7.88. The predicted octanol–water partition coefficient (Wildman–Crippen LogP) is 7.03. The summed E-state index contributed by atoms with van der Waals surface area (Å²) < 4.78 is 1.86. The monoisotopic (exact) mass is 816 g/mol. The van der Waals surface area contributed by atoms with Gasteiger partial charge in [-0.15, -0.1) is 22.7 Å². The van der Waals surface area contributed by atoms with Gasteiger partial charge in [-0.3, -0.25) is 9.59 Å². The average Bonchev–Trinajstić information content (AvgIpc) is 4.08. The molecule has 4 amide bonds. The van der Waals surface area contributed by atoms with Crippen molar-refractivity contribution < 1.29 is 29.4 Å². The molecule has 16 nitrogen and oxygen atoms in total. The van der Waals surface area contributed by atoms with Crippen molar-refractivity contribution in [2.75, 3.05) is 13.1 Å². The zero-order valence-electron chi connectivity index (χ0n) is 30.7. The Hall–Kier alpha value is -6.66. The second-order valence-electron chi connectivity index (χ2n) is 14.1. The van der Waals surface area contributed by atoms with E-state index >= 15 is 0 Å². The van der Waals surface area contributed by atoms with Crippen molar-refractivity contribution in [1.29, 1.82) is 0 Å². The minimum atomic E-state index is -1.27. The third kappa shape index (κ3) is 7.11. The van der Waals surface area contributed by atoms with Gasteiger partial charge in [0.05, 0.1) is 32.5 Å². The maximum atomic E-state index is 13.8. The molecular formula is C40H36N10O6S2. The van der Waals surface area contributed by atoms with Gasteiger partial charge >= 0.3 is 12.2 Å². The Morgan fingerprint density at radius 1 is 0.638 bits per heavy atom. The highest BCUT2D eigenvalue weighted by Gasteiger charge is 2.38. The topological polar surface area (TPSA) is 222 Å². The third-order valence-electron chi connectivity index (χ3n) is 10.5. The second kappa shape index (κ2) is 15.4. The molecule has 0 spiro atoms. The predicted molar refractivity (Wildman–Crippen MR) is 216 cm³/mol. The number of H-pyrrole nitrogens is 2. The summed E-state index contributed by atoms with van der Waals surface area (Å²) in [5.74, 6) is 0.576. The van der Waals surface area contributed by atoms with E-state index in [9.17, 15) is 29.4 Å². The van der Waals surface area contributed by atoms with Crippen molar-refractivity contribution in [3.63, 3.8) is 0 Å². The van der Waals surface area contributed by atoms with Crippen LogP contribution in [0.15, 0.2) is 85.2 Å². The van der Waals surface area contributed by atoms with E-state index in [1.54, 1.807) is 70.7 Å². The summed E-state index contributed by atoms with van der Waals surface area (Å²) in [6, 6.07) is 18.9. The zero-order valence-corrected chi connectivity index (χ0v) is 32.3. The van der Waals surface area contributed by atoms with Crippen LogP contribution < -0.4 is 10.6 Å². The van der Waals surface area contributed by atoms with Crippen molar-refractivity contribution in [2.45, 2.75) is 49.9 Å². The molecule has 2 aliphatic rings. The third-order valence-corrected chi connectivity index (χ3v) is 12.6. The number of nitrogens with zero attached hydrogens (tertiary/aromatic N) is 6. The number of amides is 4. The molecule has 0 radical (unpaired) electrons. The molecule has 0 bridgehead atoms. The molecule has 6 N–H and O–H groups in total. The number of likely N-dealkylation sites (tertiary alicyclic amines) is 2. The SMILES string of the molecule is O=C(O)NC(C(=O)N1CCCC1c1nc(-c2nc3cc4sc(-c5c[nH]c([C@@H]6CCCN6C(=O)[C@H](NC(=O)O)c6ccccc6)n5)nc4cc3s2)c[nH]1)c1ccccc1. The molecule has 0 aliphatic carbocycles. The van der Waals surface area contributed by atoms with Gasteiger partial charge in [-0.2, -0.15) is 0 Å². The molecular weight excluding hydrogens is 781 g/mol. The lowest BCUT2D eigenvalue weighted by Gasteiger charge is -2.28. The molecule has 7 aromatic rings. The van der Waals surface area contributed by atoms with Crippen LogP contribution in [0.25, 0.3) is 41.8 Å². The first-order chi connectivity index (χ1) is 28.2. The van der Waals surface area contributed by atoms with Gasteiger partial charge in [-0.1, -0.05) is 60.7 Å². The van der Waals surface area contributed by atoms with E-state index in [-0.39, 0.29) is 23.9 Å². The van der Waals surface area contributed by atoms with Crippen LogP contribution in [-0.4, -0.2) is 87.0 Å². The van der Waals surface area contributed by atoms with Crippen LogP contribution in [0.1, 0.15) is 72.6 Å². The summed E-state index contributed by atoms with van der Waals surface area (Å²) in [7, 11) is 0. The number of carboxylic acid groups (broad SMARTS) is 2. The molecule has 294 valence electrons. The van der Waals surface area contributed by atoms with Crippen molar-refractivity contribution in [3.8, 4) is 21.4 Å². The molecule has 9 rings (SSSR count). The van der Waals surface area contributed by atoms with E-state index in [2.05, 4.69) is 20.6 Å². The molecule has 2 saturated heterocycles. The van der Waals surface area contributed by atoms with Crippen molar-refractivity contribution in [2.24, 2.45) is 0 Å². The van der Waals surface area contributed by atoms with E-state index in [0.717, 1.165) is 33.3 Å². The van der Waals surface area contributed by atoms with Gasteiger partial charge in [0.25, 0.3) is 11.8 Å². The van der Waals surface area contributed by atoms with Gasteiger partial charge in [-0.25, -0.2) is 29.5 Å². The molecule has 58 heavy (non-hydrogen) atoms. The zero-order chi connectivity index (χ0) is 39.9. The first-order valence-electron chi connectivity index (χ1n) is 18.7. The van der Waals surface area contributed by atoms with Crippen LogP contribution in [0.5, 0.6) is 0 Å². The van der Waals surface area contributed by atoms with Crippen LogP contribution in [-0.2, 0) is 9.59 Å². The van der Waals surface area contributed by atoms with Crippen LogP contribution in [0.2, 0.25) is 0 Å². The smallest absolute Gasteiger partial charge is 0.405 e. The van der Waals surface area contributed by atoms with Gasteiger partial charge < -0.3 is 40.6 Å². The van der Waals surface area contributed by atoms with E-state index in [1.807, 2.05) is 24.3 Å². The molecule has 4 atom stereocenters. The van der Waals surface area contributed by atoms with Gasteiger partial charge in [0.1, 0.15) is 45.1 Å². The summed E-state index contributed by atoms with van der Waals surface area (Å²) in [6.45, 7) is 0.966. The summed E-state index contributed by atoms with van der Waals surface area (Å²) >= 11 is 2.97. The van der Waals surface area contributed by atoms with E-state index in [4.69, 9.17) is 19.9 Å². The first kappa shape index (κ1) is 36.9. The molecule has 4 aromatic heterocycles. The largest absolute Gasteiger partial charge is 0.465 e. The lowest BCUT2D eigenvalue weighted by molar-refractivity contribution is -0.135. The van der Waals surface area contributed by atoms with Crippen LogP contribution >= 0.6 is 22.7 Å². The van der Waals surface area contributed by atoms with Crippen molar-refractivity contribution in [1.82, 2.24) is 50.3 Å². The Morgan fingerprint density at radius 2 is 1.05 bits per heavy atom. The molecule has 3 aromatic carbocycles. The highest BCUT2D eigenvalue weighted by Crippen LogP contribution is 2.39. The normalized spacial score (nSPS) is 17.8. The minimum absolute atomic E-state index is 0.329. The Morgan fingerprint density at radius 3 is 1.45 bits per heavy atom. The van der Waals surface area contributed by atoms with Crippen LogP contribution in [0, 0.1) is 0 Å². The van der Waals surface area contributed by atoms with Gasteiger partial charge in [0.2, 0.25) is 0 Å². The number of rotatable bonds is 10. The summed E-state index contributed by atoms with van der Waals surface area (Å²) in [4.78, 5) is 80.2. The Labute approximate surface area is 338 Å². The maximum absolute atomic E-state index is 13.8. The number of aromatic amines is 2. The molecule has 2 aliphatic heterocycles. The standard InChI is InChI=1S/C40H36N10O6S2/c51-37(31(47-39(53)54)21-9-3-1-4-10-21)49-15-7-13-27(49)33-41-19-25(43-33)35-45-23-17-30-24(18-29(23)57-35)46-36(58-30)26-20-42-34(44-26)28-14-8-16-50(28)38(52)32(48-40(55)56)22-11-5-2-6-12-22/h1-6,9-12,17-20,27-28,31-32,47-48H,7-8,13-16H2,(H,41,43)(H,42,44)(H,53,54)(H,55,56)/t27-,28?,31+,32?/m0/s1. The number of carbonyl (C=O) groups is 4. The maximum Gasteiger partial charge on any atom is 0.405 e. The number of carbonyl (C=O) groups excluding carboxylic acids is 2. The number of hydrogen-bond donors (Lipinski definition) is 6. The molecule has 2 fully saturated rings. The highest BCUT2D eigenvalue weighted by molar-refractivity contribution is 7.23. The van der Waals surface area contributed by atoms with Crippen LogP contribution in [0.4, 0.5) is 9.59 Å². The average molecular weight is 817 g/mol. The number of nitrogens with one attached hydrogen (secondary N) is 4. The number of benzene rings is 3. The van der Waals surface area contributed by atoms with Crippen molar-refractivity contribution >= 4 is 67.1 Å². The lowest BCUT2D eigenvalue weighted by atomic mass is 10.1. The quantitative estimate of drug-likeness (QED) is 0.0827. The number of imidazole rings is 2. The molecule has 0 saturated carbocycles. The second-order valence-corrected chi connectivity index (χ2v) is 16.2. The van der Waals surface area contributed by atoms with Gasteiger partial charge in [0, 0.05) is 25.5 Å². The fraction of sp³-hybridized carbons (Fsp3) is 0.250. The molecule has 2 unspecified atom stereocenters. The van der Waals surface area contributed by atoms with Gasteiger partial charge in [-0.05, 0) is 48.9 Å². The Kier molecular flexibility index (Phi) is 9.78. The number of thiazole rings is 2. The van der Waals surface area contributed by atoms with E-state index in [1.165, 1.54) is 22.7 Å².